The lowest BCUT2D eigenvalue weighted by Gasteiger charge is -2.17. The van der Waals surface area contributed by atoms with Crippen molar-refractivity contribution in [3.05, 3.63) is 11.9 Å². The molecule has 1 N–H and O–H groups in total. The van der Waals surface area contributed by atoms with Crippen molar-refractivity contribution in [1.82, 2.24) is 9.78 Å². The highest BCUT2D eigenvalue weighted by Gasteiger charge is 2.21. The van der Waals surface area contributed by atoms with Crippen LogP contribution in [0.25, 0.3) is 0 Å². The summed E-state index contributed by atoms with van der Waals surface area (Å²) in [7, 11) is 3.21. The van der Waals surface area contributed by atoms with Crippen LogP contribution >= 0.6 is 0 Å². The third-order valence-corrected chi connectivity index (χ3v) is 2.79. The van der Waals surface area contributed by atoms with Crippen molar-refractivity contribution in [1.29, 1.82) is 0 Å². The summed E-state index contributed by atoms with van der Waals surface area (Å²) in [4.78, 5) is 0. The van der Waals surface area contributed by atoms with E-state index in [1.54, 1.807) is 25.1 Å². The van der Waals surface area contributed by atoms with Gasteiger partial charge in [-0.3, -0.25) is 4.68 Å². The summed E-state index contributed by atoms with van der Waals surface area (Å²) in [6, 6.07) is 0.169. The second kappa shape index (κ2) is 8.14. The molecule has 110 valence electrons. The number of aliphatic hydroxyl groups excluding tert-OH is 1. The minimum Gasteiger partial charge on any atom is -0.493 e. The molecule has 1 aromatic heterocycles. The minimum atomic E-state index is -0.651. The smallest absolute Gasteiger partial charge is 0.162 e. The van der Waals surface area contributed by atoms with Crippen LogP contribution in [-0.2, 0) is 9.47 Å². The van der Waals surface area contributed by atoms with E-state index in [-0.39, 0.29) is 6.04 Å². The number of aromatic nitrogens is 2. The Kier molecular flexibility index (Phi) is 6.83. The Morgan fingerprint density at radius 3 is 2.58 bits per heavy atom. The summed E-state index contributed by atoms with van der Waals surface area (Å²) in [5.74, 6) is 0.609. The van der Waals surface area contributed by atoms with E-state index in [0.29, 0.717) is 37.7 Å². The summed E-state index contributed by atoms with van der Waals surface area (Å²) < 4.78 is 17.3. The van der Waals surface area contributed by atoms with Gasteiger partial charge in [0.25, 0.3) is 0 Å². The highest BCUT2D eigenvalue weighted by molar-refractivity contribution is 5.27. The second-order valence-electron chi connectivity index (χ2n) is 4.55. The van der Waals surface area contributed by atoms with Crippen LogP contribution in [0.4, 0.5) is 0 Å². The van der Waals surface area contributed by atoms with Gasteiger partial charge in [-0.1, -0.05) is 0 Å². The third kappa shape index (κ3) is 4.49. The topological polar surface area (TPSA) is 65.7 Å². The lowest BCUT2D eigenvalue weighted by molar-refractivity contribution is 0.0448. The molecule has 1 rings (SSSR count). The number of hydrogen-bond donors (Lipinski definition) is 1. The van der Waals surface area contributed by atoms with Gasteiger partial charge >= 0.3 is 0 Å². The highest BCUT2D eigenvalue weighted by Crippen LogP contribution is 2.29. The molecule has 1 heterocycles. The van der Waals surface area contributed by atoms with Crippen molar-refractivity contribution in [2.24, 2.45) is 0 Å². The van der Waals surface area contributed by atoms with Crippen LogP contribution in [-0.4, -0.2) is 48.9 Å². The van der Waals surface area contributed by atoms with Crippen molar-refractivity contribution in [3.63, 3.8) is 0 Å². The maximum absolute atomic E-state index is 10.3. The normalized spacial score (nSPS) is 12.9. The number of rotatable bonds is 9. The van der Waals surface area contributed by atoms with Crippen LogP contribution in [0.15, 0.2) is 6.20 Å². The lowest BCUT2D eigenvalue weighted by atomic mass is 10.1. The summed E-state index contributed by atoms with van der Waals surface area (Å²) in [5.41, 5.74) is 0.702. The molecule has 0 saturated heterocycles. The standard InChI is InChI=1S/C13H24N2O4/c1-10(2)15-13(12(18-4)9-14-15)11(16)5-6-19-8-7-17-3/h9-11,16H,5-8H2,1-4H3. The van der Waals surface area contributed by atoms with E-state index < -0.39 is 6.10 Å². The molecule has 0 aliphatic heterocycles. The van der Waals surface area contributed by atoms with E-state index in [1.807, 2.05) is 13.8 Å². The van der Waals surface area contributed by atoms with Gasteiger partial charge in [0.05, 0.1) is 26.5 Å². The largest absolute Gasteiger partial charge is 0.493 e. The number of aliphatic hydroxyl groups is 1. The van der Waals surface area contributed by atoms with E-state index in [1.165, 1.54) is 0 Å². The molecule has 1 aromatic rings. The predicted octanol–water partition coefficient (Wildman–Crippen LogP) is 1.56. The molecule has 6 nitrogen and oxygen atoms in total. The molecule has 0 saturated carbocycles. The molecule has 0 aromatic carbocycles. The SMILES string of the molecule is COCCOCCC(O)c1c(OC)cnn1C(C)C. The highest BCUT2D eigenvalue weighted by atomic mass is 16.5. The fraction of sp³-hybridized carbons (Fsp3) is 0.769. The van der Waals surface area contributed by atoms with Gasteiger partial charge in [-0.25, -0.2) is 0 Å². The van der Waals surface area contributed by atoms with Crippen LogP contribution < -0.4 is 4.74 Å². The molecule has 0 spiro atoms. The van der Waals surface area contributed by atoms with Crippen LogP contribution in [0.2, 0.25) is 0 Å². The van der Waals surface area contributed by atoms with Crippen molar-refractivity contribution in [2.45, 2.75) is 32.4 Å². The Labute approximate surface area is 114 Å². The molecule has 0 bridgehead atoms. The first kappa shape index (κ1) is 15.9. The van der Waals surface area contributed by atoms with Crippen molar-refractivity contribution < 1.29 is 19.3 Å². The predicted molar refractivity (Wildman–Crippen MR) is 71.4 cm³/mol. The first-order chi connectivity index (χ1) is 9.11. The Morgan fingerprint density at radius 1 is 1.26 bits per heavy atom. The molecule has 0 aliphatic rings. The Bertz CT molecular complexity index is 366. The fourth-order valence-corrected chi connectivity index (χ4v) is 1.82. The monoisotopic (exact) mass is 272 g/mol. The Morgan fingerprint density at radius 2 is 2.00 bits per heavy atom. The first-order valence-corrected chi connectivity index (χ1v) is 6.48. The number of methoxy groups -OCH3 is 2. The summed E-state index contributed by atoms with van der Waals surface area (Å²) in [6.45, 7) is 5.58. The van der Waals surface area contributed by atoms with Gasteiger partial charge in [0.1, 0.15) is 11.8 Å². The van der Waals surface area contributed by atoms with Crippen molar-refractivity contribution in [3.8, 4) is 5.75 Å². The molecule has 1 unspecified atom stereocenters. The number of hydrogen-bond acceptors (Lipinski definition) is 5. The molecular formula is C13H24N2O4. The van der Waals surface area contributed by atoms with Gasteiger partial charge in [-0.2, -0.15) is 5.10 Å². The van der Waals surface area contributed by atoms with Gasteiger partial charge in [0.2, 0.25) is 0 Å². The maximum atomic E-state index is 10.3. The second-order valence-corrected chi connectivity index (χ2v) is 4.55. The van der Waals surface area contributed by atoms with Crippen LogP contribution in [0, 0.1) is 0 Å². The van der Waals surface area contributed by atoms with Gasteiger partial charge in [0.15, 0.2) is 5.75 Å². The van der Waals surface area contributed by atoms with Gasteiger partial charge < -0.3 is 19.3 Å². The quantitative estimate of drug-likeness (QED) is 0.691. The molecule has 0 radical (unpaired) electrons. The zero-order chi connectivity index (χ0) is 14.3. The fourth-order valence-electron chi connectivity index (χ4n) is 1.82. The van der Waals surface area contributed by atoms with E-state index in [0.717, 1.165) is 0 Å². The zero-order valence-corrected chi connectivity index (χ0v) is 12.1. The molecule has 19 heavy (non-hydrogen) atoms. The van der Waals surface area contributed by atoms with Crippen LogP contribution in [0.5, 0.6) is 5.75 Å². The van der Waals surface area contributed by atoms with Crippen molar-refractivity contribution in [2.75, 3.05) is 34.0 Å². The van der Waals surface area contributed by atoms with E-state index in [2.05, 4.69) is 5.10 Å². The molecule has 0 fully saturated rings. The average molecular weight is 272 g/mol. The molecule has 1 atom stereocenters. The lowest BCUT2D eigenvalue weighted by Crippen LogP contribution is -2.14. The van der Waals surface area contributed by atoms with E-state index in [9.17, 15) is 5.11 Å². The Balaban J connectivity index is 2.59. The number of ether oxygens (including phenoxy) is 3. The number of nitrogens with zero attached hydrogens (tertiary/aromatic N) is 2. The zero-order valence-electron chi connectivity index (χ0n) is 12.1. The molecule has 0 amide bonds. The minimum absolute atomic E-state index is 0.169. The maximum Gasteiger partial charge on any atom is 0.162 e. The van der Waals surface area contributed by atoms with Crippen LogP contribution in [0.3, 0.4) is 0 Å². The van der Waals surface area contributed by atoms with Gasteiger partial charge in [-0.05, 0) is 13.8 Å². The third-order valence-electron chi connectivity index (χ3n) is 2.79. The van der Waals surface area contributed by atoms with Crippen molar-refractivity contribution >= 4 is 0 Å². The van der Waals surface area contributed by atoms with E-state index >= 15 is 0 Å². The molecule has 6 heteroatoms. The average Bonchev–Trinajstić information content (AvgIpc) is 2.82. The molecular weight excluding hydrogens is 248 g/mol. The summed E-state index contributed by atoms with van der Waals surface area (Å²) in [6.07, 6.45) is 1.48. The van der Waals surface area contributed by atoms with Crippen LogP contribution in [0.1, 0.15) is 38.1 Å². The Hall–Kier alpha value is -1.11. The van der Waals surface area contributed by atoms with E-state index in [4.69, 9.17) is 14.2 Å². The van der Waals surface area contributed by atoms with Gasteiger partial charge in [0, 0.05) is 26.2 Å². The summed E-state index contributed by atoms with van der Waals surface area (Å²) in [5, 5.41) is 14.5. The first-order valence-electron chi connectivity index (χ1n) is 6.48. The summed E-state index contributed by atoms with van der Waals surface area (Å²) >= 11 is 0. The van der Waals surface area contributed by atoms with Gasteiger partial charge in [-0.15, -0.1) is 0 Å². The molecule has 0 aliphatic carbocycles.